The SMILES string of the molecule is CCC(NCc1ccc(O)c(OC)c1)c1ccccc1. The molecule has 1 atom stereocenters. The number of benzene rings is 2. The van der Waals surface area contributed by atoms with Crippen molar-refractivity contribution in [3.8, 4) is 11.5 Å². The van der Waals surface area contributed by atoms with Crippen LogP contribution in [0.1, 0.15) is 30.5 Å². The third-order valence-corrected chi connectivity index (χ3v) is 3.41. The Balaban J connectivity index is 2.03. The molecule has 2 aromatic rings. The Bertz CT molecular complexity index is 540. The predicted octanol–water partition coefficient (Wildman–Crippen LogP) is 3.64. The first-order chi connectivity index (χ1) is 9.74. The van der Waals surface area contributed by atoms with Crippen LogP contribution in [0.4, 0.5) is 0 Å². The number of aromatic hydroxyl groups is 1. The van der Waals surface area contributed by atoms with Gasteiger partial charge < -0.3 is 15.2 Å². The minimum atomic E-state index is 0.173. The van der Waals surface area contributed by atoms with Crippen LogP contribution >= 0.6 is 0 Å². The molecule has 3 nitrogen and oxygen atoms in total. The van der Waals surface area contributed by atoms with Gasteiger partial charge in [0.1, 0.15) is 0 Å². The van der Waals surface area contributed by atoms with E-state index in [0.717, 1.165) is 18.5 Å². The average Bonchev–Trinajstić information content (AvgIpc) is 2.50. The van der Waals surface area contributed by atoms with E-state index < -0.39 is 0 Å². The fourth-order valence-corrected chi connectivity index (χ4v) is 2.26. The fraction of sp³-hybridized carbons (Fsp3) is 0.294. The number of phenols is 1. The maximum absolute atomic E-state index is 9.59. The van der Waals surface area contributed by atoms with Gasteiger partial charge in [-0.25, -0.2) is 0 Å². The lowest BCUT2D eigenvalue weighted by Gasteiger charge is -2.18. The quantitative estimate of drug-likeness (QED) is 0.842. The molecule has 0 aliphatic rings. The molecule has 20 heavy (non-hydrogen) atoms. The highest BCUT2D eigenvalue weighted by Gasteiger charge is 2.09. The highest BCUT2D eigenvalue weighted by molar-refractivity contribution is 5.41. The van der Waals surface area contributed by atoms with Gasteiger partial charge in [-0.1, -0.05) is 43.3 Å². The van der Waals surface area contributed by atoms with Crippen molar-refractivity contribution in [2.24, 2.45) is 0 Å². The van der Waals surface area contributed by atoms with Crippen LogP contribution in [0.25, 0.3) is 0 Å². The molecule has 106 valence electrons. The van der Waals surface area contributed by atoms with E-state index in [2.05, 4.69) is 36.5 Å². The first-order valence-corrected chi connectivity index (χ1v) is 6.88. The molecule has 0 amide bonds. The highest BCUT2D eigenvalue weighted by atomic mass is 16.5. The van der Waals surface area contributed by atoms with E-state index in [1.165, 1.54) is 5.56 Å². The van der Waals surface area contributed by atoms with Gasteiger partial charge in [-0.2, -0.15) is 0 Å². The van der Waals surface area contributed by atoms with Crippen LogP contribution in [0.3, 0.4) is 0 Å². The number of phenolic OH excluding ortho intramolecular Hbond substituents is 1. The van der Waals surface area contributed by atoms with Crippen LogP contribution in [-0.4, -0.2) is 12.2 Å². The molecule has 0 saturated carbocycles. The second-order valence-corrected chi connectivity index (χ2v) is 4.76. The van der Waals surface area contributed by atoms with Crippen molar-refractivity contribution < 1.29 is 9.84 Å². The Hall–Kier alpha value is -2.00. The second-order valence-electron chi connectivity index (χ2n) is 4.76. The number of methoxy groups -OCH3 is 1. The molecule has 0 saturated heterocycles. The maximum Gasteiger partial charge on any atom is 0.160 e. The van der Waals surface area contributed by atoms with Crippen LogP contribution in [0.15, 0.2) is 48.5 Å². The largest absolute Gasteiger partial charge is 0.504 e. The Morgan fingerprint density at radius 2 is 1.90 bits per heavy atom. The maximum atomic E-state index is 9.59. The number of hydrogen-bond acceptors (Lipinski definition) is 3. The van der Waals surface area contributed by atoms with Gasteiger partial charge in [0, 0.05) is 12.6 Å². The zero-order valence-electron chi connectivity index (χ0n) is 12.0. The molecular weight excluding hydrogens is 250 g/mol. The molecule has 0 fully saturated rings. The van der Waals surface area contributed by atoms with Crippen molar-refractivity contribution in [2.45, 2.75) is 25.9 Å². The molecule has 0 aromatic heterocycles. The second kappa shape index (κ2) is 6.96. The van der Waals surface area contributed by atoms with Gasteiger partial charge in [-0.05, 0) is 29.7 Å². The van der Waals surface area contributed by atoms with Gasteiger partial charge in [0.25, 0.3) is 0 Å². The summed E-state index contributed by atoms with van der Waals surface area (Å²) in [6.07, 6.45) is 1.03. The first kappa shape index (κ1) is 14.4. The van der Waals surface area contributed by atoms with E-state index >= 15 is 0 Å². The normalized spacial score (nSPS) is 12.1. The van der Waals surface area contributed by atoms with Crippen molar-refractivity contribution in [1.29, 1.82) is 0 Å². The van der Waals surface area contributed by atoms with Gasteiger partial charge in [0.15, 0.2) is 11.5 Å². The molecule has 0 bridgehead atoms. The van der Waals surface area contributed by atoms with Gasteiger partial charge >= 0.3 is 0 Å². The van der Waals surface area contributed by atoms with Gasteiger partial charge in [0.05, 0.1) is 7.11 Å². The van der Waals surface area contributed by atoms with Crippen molar-refractivity contribution in [3.05, 3.63) is 59.7 Å². The van der Waals surface area contributed by atoms with Crippen molar-refractivity contribution in [1.82, 2.24) is 5.32 Å². The summed E-state index contributed by atoms with van der Waals surface area (Å²) in [4.78, 5) is 0. The molecule has 0 heterocycles. The Morgan fingerprint density at radius 1 is 1.15 bits per heavy atom. The summed E-state index contributed by atoms with van der Waals surface area (Å²) in [5, 5.41) is 13.1. The Labute approximate surface area is 120 Å². The van der Waals surface area contributed by atoms with Crippen LogP contribution in [0.5, 0.6) is 11.5 Å². The standard InChI is InChI=1S/C17H21NO2/c1-3-15(14-7-5-4-6-8-14)18-12-13-9-10-16(19)17(11-13)20-2/h4-11,15,18-19H,3,12H2,1-2H3. The third kappa shape index (κ3) is 3.52. The summed E-state index contributed by atoms with van der Waals surface area (Å²) in [6, 6.07) is 16.2. The van der Waals surface area contributed by atoms with E-state index in [0.29, 0.717) is 11.8 Å². The molecule has 1 unspecified atom stereocenters. The summed E-state index contributed by atoms with van der Waals surface area (Å²) in [6.45, 7) is 2.91. The highest BCUT2D eigenvalue weighted by Crippen LogP contribution is 2.26. The lowest BCUT2D eigenvalue weighted by atomic mass is 10.0. The van der Waals surface area contributed by atoms with Crippen molar-refractivity contribution in [3.63, 3.8) is 0 Å². The van der Waals surface area contributed by atoms with E-state index in [1.807, 2.05) is 18.2 Å². The summed E-state index contributed by atoms with van der Waals surface area (Å²) in [5.74, 6) is 0.684. The molecule has 0 spiro atoms. The van der Waals surface area contributed by atoms with Gasteiger partial charge in [-0.15, -0.1) is 0 Å². The number of hydrogen-bond donors (Lipinski definition) is 2. The summed E-state index contributed by atoms with van der Waals surface area (Å²) >= 11 is 0. The van der Waals surface area contributed by atoms with Crippen LogP contribution in [0, 0.1) is 0 Å². The fourth-order valence-electron chi connectivity index (χ4n) is 2.26. The number of nitrogens with one attached hydrogen (secondary N) is 1. The van der Waals surface area contributed by atoms with Gasteiger partial charge in [-0.3, -0.25) is 0 Å². The Morgan fingerprint density at radius 3 is 2.55 bits per heavy atom. The van der Waals surface area contributed by atoms with E-state index in [1.54, 1.807) is 13.2 Å². The predicted molar refractivity (Wildman–Crippen MR) is 81.0 cm³/mol. The van der Waals surface area contributed by atoms with Crippen molar-refractivity contribution >= 4 is 0 Å². The van der Waals surface area contributed by atoms with Crippen molar-refractivity contribution in [2.75, 3.05) is 7.11 Å². The zero-order chi connectivity index (χ0) is 14.4. The smallest absolute Gasteiger partial charge is 0.160 e. The molecule has 0 aliphatic heterocycles. The molecule has 2 aromatic carbocycles. The minimum absolute atomic E-state index is 0.173. The van der Waals surface area contributed by atoms with Crippen LogP contribution in [0.2, 0.25) is 0 Å². The number of ether oxygens (including phenoxy) is 1. The monoisotopic (exact) mass is 271 g/mol. The number of rotatable bonds is 6. The topological polar surface area (TPSA) is 41.5 Å². The summed E-state index contributed by atoms with van der Waals surface area (Å²) < 4.78 is 5.13. The molecule has 0 aliphatic carbocycles. The molecule has 3 heteroatoms. The molecule has 2 rings (SSSR count). The summed E-state index contributed by atoms with van der Waals surface area (Å²) in [5.41, 5.74) is 2.38. The lowest BCUT2D eigenvalue weighted by Crippen LogP contribution is -2.20. The van der Waals surface area contributed by atoms with E-state index in [-0.39, 0.29) is 5.75 Å². The summed E-state index contributed by atoms with van der Waals surface area (Å²) in [7, 11) is 1.56. The molecule has 2 N–H and O–H groups in total. The Kier molecular flexibility index (Phi) is 5.02. The van der Waals surface area contributed by atoms with Gasteiger partial charge in [0.2, 0.25) is 0 Å². The zero-order valence-corrected chi connectivity index (χ0v) is 12.0. The third-order valence-electron chi connectivity index (χ3n) is 3.41. The van der Waals surface area contributed by atoms with Crippen LogP contribution < -0.4 is 10.1 Å². The van der Waals surface area contributed by atoms with E-state index in [4.69, 9.17) is 4.74 Å². The molecule has 0 radical (unpaired) electrons. The lowest BCUT2D eigenvalue weighted by molar-refractivity contribution is 0.372. The minimum Gasteiger partial charge on any atom is -0.504 e. The average molecular weight is 271 g/mol. The van der Waals surface area contributed by atoms with Crippen LogP contribution in [-0.2, 0) is 6.54 Å². The molecular formula is C17H21NO2. The first-order valence-electron chi connectivity index (χ1n) is 6.88. The van der Waals surface area contributed by atoms with E-state index in [9.17, 15) is 5.11 Å².